The zero-order valence-electron chi connectivity index (χ0n) is 11.6. The van der Waals surface area contributed by atoms with Crippen molar-refractivity contribution in [2.24, 2.45) is 0 Å². The van der Waals surface area contributed by atoms with Crippen LogP contribution in [0, 0.1) is 0 Å². The molecule has 19 heavy (non-hydrogen) atoms. The molecule has 0 spiro atoms. The molecule has 1 fully saturated rings. The van der Waals surface area contributed by atoms with Crippen molar-refractivity contribution in [2.75, 3.05) is 26.7 Å². The van der Waals surface area contributed by atoms with Crippen LogP contribution in [0.2, 0.25) is 0 Å². The number of carbonyl (C=O) groups excluding carboxylic acids is 1. The molecule has 1 N–H and O–H groups in total. The summed E-state index contributed by atoms with van der Waals surface area (Å²) in [4.78, 5) is 18.4. The number of aromatic nitrogens is 1. The van der Waals surface area contributed by atoms with E-state index in [2.05, 4.69) is 10.3 Å². The fourth-order valence-electron chi connectivity index (χ4n) is 2.42. The minimum Gasteiger partial charge on any atom is -0.494 e. The molecule has 104 valence electrons. The second-order valence-electron chi connectivity index (χ2n) is 4.71. The number of nitrogens with zero attached hydrogens (tertiary/aromatic N) is 2. The summed E-state index contributed by atoms with van der Waals surface area (Å²) in [6.45, 7) is 4.50. The summed E-state index contributed by atoms with van der Waals surface area (Å²) < 4.78 is 5.21. The Morgan fingerprint density at radius 1 is 1.63 bits per heavy atom. The first-order chi connectivity index (χ1) is 9.26. The molecule has 2 heterocycles. The summed E-state index contributed by atoms with van der Waals surface area (Å²) in [5, 5.41) is 3.42. The third-order valence-electron chi connectivity index (χ3n) is 3.51. The van der Waals surface area contributed by atoms with Gasteiger partial charge in [0.15, 0.2) is 0 Å². The number of carbonyl (C=O) groups is 1. The number of nitrogens with one attached hydrogen (secondary N) is 1. The van der Waals surface area contributed by atoms with Crippen LogP contribution in [0.5, 0.6) is 5.75 Å². The Labute approximate surface area is 114 Å². The van der Waals surface area contributed by atoms with E-state index in [9.17, 15) is 4.79 Å². The molecule has 0 saturated carbocycles. The first-order valence-corrected chi connectivity index (χ1v) is 6.77. The minimum absolute atomic E-state index is 0.00968. The highest BCUT2D eigenvalue weighted by Crippen LogP contribution is 2.18. The normalized spacial score (nSPS) is 18.3. The lowest BCUT2D eigenvalue weighted by molar-refractivity contribution is 0.0747. The number of likely N-dealkylation sites (N-methyl/N-ethyl adjacent to an activating group) is 1. The predicted molar refractivity (Wildman–Crippen MR) is 73.4 cm³/mol. The molecule has 1 aromatic rings. The molecule has 5 heteroatoms. The number of pyridine rings is 1. The molecule has 1 aromatic heterocycles. The third-order valence-corrected chi connectivity index (χ3v) is 3.51. The molecule has 2 rings (SSSR count). The fourth-order valence-corrected chi connectivity index (χ4v) is 2.42. The number of amides is 1. The number of ether oxygens (including phenoxy) is 1. The molecule has 0 aliphatic carbocycles. The van der Waals surface area contributed by atoms with Gasteiger partial charge in [0.1, 0.15) is 5.75 Å². The smallest absolute Gasteiger partial charge is 0.257 e. The molecule has 1 saturated heterocycles. The van der Waals surface area contributed by atoms with E-state index in [0.717, 1.165) is 19.5 Å². The van der Waals surface area contributed by atoms with Crippen molar-refractivity contribution >= 4 is 5.91 Å². The van der Waals surface area contributed by atoms with Crippen molar-refractivity contribution in [2.45, 2.75) is 25.8 Å². The Morgan fingerprint density at radius 2 is 2.47 bits per heavy atom. The highest BCUT2D eigenvalue weighted by atomic mass is 16.5. The third kappa shape index (κ3) is 3.23. The maximum Gasteiger partial charge on any atom is 0.257 e. The average Bonchev–Trinajstić information content (AvgIpc) is 2.97. The summed E-state index contributed by atoms with van der Waals surface area (Å²) in [7, 11) is 1.56. The van der Waals surface area contributed by atoms with Gasteiger partial charge in [-0.2, -0.15) is 0 Å². The van der Waals surface area contributed by atoms with Crippen molar-refractivity contribution in [1.29, 1.82) is 0 Å². The van der Waals surface area contributed by atoms with Gasteiger partial charge in [-0.3, -0.25) is 9.78 Å². The molecule has 0 aromatic carbocycles. The molecule has 1 aliphatic rings. The van der Waals surface area contributed by atoms with Crippen LogP contribution in [-0.4, -0.2) is 48.6 Å². The summed E-state index contributed by atoms with van der Waals surface area (Å²) >= 11 is 0. The van der Waals surface area contributed by atoms with E-state index in [0.29, 0.717) is 23.9 Å². The largest absolute Gasteiger partial charge is 0.494 e. The average molecular weight is 263 g/mol. The van der Waals surface area contributed by atoms with Crippen LogP contribution in [0.15, 0.2) is 18.5 Å². The van der Waals surface area contributed by atoms with Gasteiger partial charge in [0.25, 0.3) is 5.91 Å². The van der Waals surface area contributed by atoms with Crippen LogP contribution in [0.1, 0.15) is 30.1 Å². The van der Waals surface area contributed by atoms with E-state index in [-0.39, 0.29) is 5.91 Å². The molecule has 0 radical (unpaired) electrons. The van der Waals surface area contributed by atoms with Gasteiger partial charge in [0.2, 0.25) is 0 Å². The monoisotopic (exact) mass is 263 g/mol. The number of methoxy groups -OCH3 is 1. The maximum absolute atomic E-state index is 12.5. The number of hydrogen-bond acceptors (Lipinski definition) is 4. The van der Waals surface area contributed by atoms with Gasteiger partial charge in [-0.1, -0.05) is 0 Å². The van der Waals surface area contributed by atoms with Crippen LogP contribution in [0.3, 0.4) is 0 Å². The summed E-state index contributed by atoms with van der Waals surface area (Å²) in [5.41, 5.74) is 0.581. The predicted octanol–water partition coefficient (Wildman–Crippen LogP) is 1.30. The Balaban J connectivity index is 2.10. The molecule has 1 unspecified atom stereocenters. The quantitative estimate of drug-likeness (QED) is 0.870. The lowest BCUT2D eigenvalue weighted by Crippen LogP contribution is -2.41. The van der Waals surface area contributed by atoms with Crippen LogP contribution in [0.4, 0.5) is 0 Å². The van der Waals surface area contributed by atoms with E-state index < -0.39 is 0 Å². The van der Waals surface area contributed by atoms with Crippen molar-refractivity contribution in [3.05, 3.63) is 24.0 Å². The molecular weight excluding hydrogens is 242 g/mol. The lowest BCUT2D eigenvalue weighted by Gasteiger charge is -2.25. The lowest BCUT2D eigenvalue weighted by atomic mass is 10.1. The second kappa shape index (κ2) is 6.52. The van der Waals surface area contributed by atoms with Crippen molar-refractivity contribution < 1.29 is 9.53 Å². The molecule has 1 atom stereocenters. The summed E-state index contributed by atoms with van der Waals surface area (Å²) in [5.74, 6) is 0.542. The number of hydrogen-bond donors (Lipinski definition) is 1. The second-order valence-corrected chi connectivity index (χ2v) is 4.71. The van der Waals surface area contributed by atoms with E-state index >= 15 is 0 Å². The molecule has 5 nitrogen and oxygen atoms in total. The Morgan fingerprint density at radius 3 is 3.11 bits per heavy atom. The van der Waals surface area contributed by atoms with Crippen LogP contribution in [0.25, 0.3) is 0 Å². The first kappa shape index (κ1) is 13.8. The van der Waals surface area contributed by atoms with Gasteiger partial charge in [-0.25, -0.2) is 0 Å². The first-order valence-electron chi connectivity index (χ1n) is 6.77. The van der Waals surface area contributed by atoms with E-state index in [1.807, 2.05) is 11.8 Å². The summed E-state index contributed by atoms with van der Waals surface area (Å²) in [6.07, 6.45) is 5.53. The Bertz CT molecular complexity index is 430. The van der Waals surface area contributed by atoms with Crippen molar-refractivity contribution in [3.8, 4) is 5.75 Å². The van der Waals surface area contributed by atoms with Crippen LogP contribution >= 0.6 is 0 Å². The SMILES string of the molecule is CCN(CC1CCCN1)C(=O)c1ccncc1OC. The van der Waals surface area contributed by atoms with Gasteiger partial charge in [0.05, 0.1) is 18.9 Å². The van der Waals surface area contributed by atoms with Gasteiger partial charge < -0.3 is 15.0 Å². The van der Waals surface area contributed by atoms with Crippen LogP contribution in [-0.2, 0) is 0 Å². The molecule has 1 amide bonds. The van der Waals surface area contributed by atoms with Crippen molar-refractivity contribution in [1.82, 2.24) is 15.2 Å². The minimum atomic E-state index is 0.00968. The number of rotatable bonds is 5. The van der Waals surface area contributed by atoms with E-state index in [1.54, 1.807) is 25.6 Å². The molecule has 0 bridgehead atoms. The molecular formula is C14H21N3O2. The zero-order chi connectivity index (χ0) is 13.7. The van der Waals surface area contributed by atoms with Gasteiger partial charge in [-0.15, -0.1) is 0 Å². The Hall–Kier alpha value is -1.62. The van der Waals surface area contributed by atoms with Gasteiger partial charge in [0, 0.05) is 25.3 Å². The standard InChI is InChI=1S/C14H21N3O2/c1-3-17(10-11-5-4-7-16-11)14(18)12-6-8-15-9-13(12)19-2/h6,8-9,11,16H,3-5,7,10H2,1-2H3. The van der Waals surface area contributed by atoms with E-state index in [1.165, 1.54) is 6.42 Å². The highest BCUT2D eigenvalue weighted by molar-refractivity contribution is 5.96. The topological polar surface area (TPSA) is 54.5 Å². The van der Waals surface area contributed by atoms with Crippen molar-refractivity contribution in [3.63, 3.8) is 0 Å². The van der Waals surface area contributed by atoms with Gasteiger partial charge >= 0.3 is 0 Å². The molecule has 1 aliphatic heterocycles. The summed E-state index contributed by atoms with van der Waals surface area (Å²) in [6, 6.07) is 2.13. The van der Waals surface area contributed by atoms with Crippen LogP contribution < -0.4 is 10.1 Å². The van der Waals surface area contributed by atoms with E-state index in [4.69, 9.17) is 4.74 Å². The maximum atomic E-state index is 12.5. The van der Waals surface area contributed by atoms with Gasteiger partial charge in [-0.05, 0) is 32.4 Å². The fraction of sp³-hybridized carbons (Fsp3) is 0.571. The zero-order valence-corrected chi connectivity index (χ0v) is 11.6. The highest BCUT2D eigenvalue weighted by Gasteiger charge is 2.23. The Kier molecular flexibility index (Phi) is 4.74.